The molecule has 0 saturated heterocycles. The van der Waals surface area contributed by atoms with Crippen LogP contribution in [0.15, 0.2) is 170 Å². The molecule has 18 heteroatoms. The van der Waals surface area contributed by atoms with Gasteiger partial charge in [-0.2, -0.15) is 0 Å². The molecule has 442 valence electrons. The van der Waals surface area contributed by atoms with Crippen molar-refractivity contribution >= 4 is 72.9 Å². The summed E-state index contributed by atoms with van der Waals surface area (Å²) in [5.74, 6) is -4.50. The second-order valence-corrected chi connectivity index (χ2v) is 20.8. The van der Waals surface area contributed by atoms with E-state index in [0.717, 1.165) is 22.5 Å². The summed E-state index contributed by atoms with van der Waals surface area (Å²) >= 11 is 0. The molecule has 2 heterocycles. The molecule has 0 bridgehead atoms. The zero-order valence-electron chi connectivity index (χ0n) is 48.6. The Hall–Kier alpha value is -7.32. The molecule has 8 N–H and O–H groups in total. The third kappa shape index (κ3) is 18.8. The number of aliphatic hydroxyl groups is 3. The van der Waals surface area contributed by atoms with Crippen LogP contribution in [0.2, 0.25) is 0 Å². The first-order valence-corrected chi connectivity index (χ1v) is 28.0. The number of carboxylic acids is 2. The van der Waals surface area contributed by atoms with Crippen molar-refractivity contribution in [3.05, 3.63) is 204 Å². The molecule has 0 radical (unpaired) electrons. The Morgan fingerprint density at radius 2 is 0.812 bits per heavy atom. The molecule has 4 atom stereocenters. The minimum Gasteiger partial charge on any atom is -0.852 e. The zero-order valence-corrected chi connectivity index (χ0v) is 50.8. The molecule has 2 amide bonds. The van der Waals surface area contributed by atoms with Crippen LogP contribution in [0.5, 0.6) is 0 Å². The third-order valence-corrected chi connectivity index (χ3v) is 13.8. The normalized spacial score (nSPS) is 12.4. The summed E-state index contributed by atoms with van der Waals surface area (Å²) in [5, 5.41) is 71.2. The molecule has 8 rings (SSSR count). The minimum atomic E-state index is -1.49. The monoisotopic (exact) mass is 1190 g/mol. The van der Waals surface area contributed by atoms with Crippen LogP contribution in [0.3, 0.4) is 0 Å². The SMILES string of the molecule is CC(C)c1c(C(=O)Nc2ccccc2)c(-c2ccccc2)c(-c2ccc(F)cc2)n1CCC(O)CC(O)CC(=O)[O-].CC(C)c1c(C(=O)Nc2ccccc2)c(-c2ccccc2)c(-c2ccc(F)cc2)n1CCC(O)CC([O-])CC(=O)[O-].C[NH3+].[Ca+2]. The molecule has 85 heavy (non-hydrogen) atoms. The van der Waals surface area contributed by atoms with Crippen molar-refractivity contribution in [2.75, 3.05) is 17.7 Å². The van der Waals surface area contributed by atoms with Gasteiger partial charge in [0.1, 0.15) is 11.6 Å². The number of hydrogen-bond acceptors (Lipinski definition) is 10. The molecule has 4 unspecified atom stereocenters. The van der Waals surface area contributed by atoms with Crippen molar-refractivity contribution in [2.45, 2.75) is 116 Å². The van der Waals surface area contributed by atoms with E-state index in [1.54, 1.807) is 55.6 Å². The van der Waals surface area contributed by atoms with E-state index in [0.29, 0.717) is 56.1 Å². The number of aromatic nitrogens is 2. The molecule has 0 aliphatic rings. The maximum atomic E-state index is 14.0. The van der Waals surface area contributed by atoms with E-state index in [-0.39, 0.29) is 100 Å². The Morgan fingerprint density at radius 1 is 0.482 bits per heavy atom. The topological polar surface area (TPSA) is 260 Å². The molecule has 0 spiro atoms. The first-order valence-electron chi connectivity index (χ1n) is 28.0. The standard InChI is InChI=1S/C33H35FN2O5.C33H34FN2O5.CH5N.Ca/c2*1-21(2)31-30(33(41)35-25-11-7-4-8-12-25)29(22-9-5-3-6-10-22)32(23-13-15-24(34)16-14-23)36(31)18-17-26(37)19-27(38)20-28(39)40;1-2;/h3-16,21,26-27,37-38H,17-20H2,1-2H3,(H,35,41)(H,39,40);3-16,21,26-27,37H,17-20H2,1-2H3,(H,35,41)(H,39,40);2H2,1H3;/q;-1;;+2/p-1. The summed E-state index contributed by atoms with van der Waals surface area (Å²) < 4.78 is 31.9. The van der Waals surface area contributed by atoms with Crippen LogP contribution < -0.4 is 31.7 Å². The van der Waals surface area contributed by atoms with Gasteiger partial charge in [-0.15, -0.1) is 6.10 Å². The van der Waals surface area contributed by atoms with Crippen molar-refractivity contribution in [2.24, 2.45) is 0 Å². The number of para-hydroxylation sites is 2. The van der Waals surface area contributed by atoms with E-state index >= 15 is 0 Å². The number of benzene rings is 6. The Morgan fingerprint density at radius 3 is 1.14 bits per heavy atom. The predicted octanol–water partition coefficient (Wildman–Crippen LogP) is 7.80. The largest absolute Gasteiger partial charge is 2.00 e. The number of carboxylic acid groups (broad SMARTS) is 2. The van der Waals surface area contributed by atoms with Crippen LogP contribution in [0, 0.1) is 11.6 Å². The van der Waals surface area contributed by atoms with Crippen LogP contribution in [0.25, 0.3) is 44.8 Å². The second kappa shape index (κ2) is 33.4. The molecule has 6 aromatic carbocycles. The zero-order chi connectivity index (χ0) is 61.0. The fourth-order valence-corrected chi connectivity index (χ4v) is 10.4. The van der Waals surface area contributed by atoms with E-state index in [1.165, 1.54) is 24.3 Å². The number of carbonyl (C=O) groups is 4. The summed E-state index contributed by atoms with van der Waals surface area (Å²) in [7, 11) is 1.75. The van der Waals surface area contributed by atoms with Gasteiger partial charge in [-0.1, -0.05) is 125 Å². The quantitative estimate of drug-likeness (QED) is 0.0320. The molecule has 8 aromatic rings. The second-order valence-electron chi connectivity index (χ2n) is 20.8. The number of hydrogen-bond donors (Lipinski definition) is 6. The van der Waals surface area contributed by atoms with Crippen LogP contribution in [-0.4, -0.2) is 117 Å². The van der Waals surface area contributed by atoms with E-state index < -0.39 is 60.8 Å². The molecule has 2 aromatic heterocycles. The fraction of sp³-hybridized carbons (Fsp3) is 0.284. The number of nitrogens with zero attached hydrogens (tertiary/aromatic N) is 2. The molecule has 0 saturated carbocycles. The summed E-state index contributed by atoms with van der Waals surface area (Å²) in [5.41, 5.74) is 12.6. The maximum Gasteiger partial charge on any atom is 2.00 e. The number of rotatable bonds is 24. The van der Waals surface area contributed by atoms with Gasteiger partial charge >= 0.3 is 37.7 Å². The average molecular weight is 1190 g/mol. The summed E-state index contributed by atoms with van der Waals surface area (Å²) in [4.78, 5) is 49.8. The van der Waals surface area contributed by atoms with Crippen LogP contribution in [0.4, 0.5) is 20.2 Å². The van der Waals surface area contributed by atoms with Crippen LogP contribution >= 0.6 is 0 Å². The number of nitrogens with one attached hydrogen (secondary N) is 2. The summed E-state index contributed by atoms with van der Waals surface area (Å²) in [6.07, 6.45) is -6.11. The van der Waals surface area contributed by atoms with Gasteiger partial charge < -0.3 is 65.7 Å². The number of quaternary nitrogens is 1. The van der Waals surface area contributed by atoms with Gasteiger partial charge in [-0.05, 0) is 139 Å². The van der Waals surface area contributed by atoms with Gasteiger partial charge in [-0.25, -0.2) is 8.78 Å². The van der Waals surface area contributed by atoms with Gasteiger partial charge in [0, 0.05) is 65.3 Å². The third-order valence-electron chi connectivity index (χ3n) is 13.8. The van der Waals surface area contributed by atoms with Crippen molar-refractivity contribution in [3.8, 4) is 44.8 Å². The molecular weight excluding hydrogens is 1110 g/mol. The Kier molecular flexibility index (Phi) is 26.9. The first kappa shape index (κ1) is 68.5. The first-order chi connectivity index (χ1) is 40.3. The molecule has 0 fully saturated rings. The number of aliphatic hydroxyl groups excluding tert-OH is 3. The maximum absolute atomic E-state index is 14.0. The number of aliphatic carboxylic acids is 2. The number of carbonyl (C=O) groups excluding carboxylic acids is 4. The van der Waals surface area contributed by atoms with Gasteiger partial charge in [-0.3, -0.25) is 9.59 Å². The number of halogens is 2. The van der Waals surface area contributed by atoms with Gasteiger partial charge in [0.2, 0.25) is 0 Å². The van der Waals surface area contributed by atoms with E-state index in [4.69, 9.17) is 0 Å². The Bertz CT molecular complexity index is 3170. The number of amides is 2. The van der Waals surface area contributed by atoms with Gasteiger partial charge in [0.15, 0.2) is 0 Å². The molecule has 0 aliphatic heterocycles. The van der Waals surface area contributed by atoms with E-state index in [1.807, 2.05) is 134 Å². The average Bonchev–Trinajstić information content (AvgIpc) is 1.79. The summed E-state index contributed by atoms with van der Waals surface area (Å²) in [6, 6.07) is 49.3. The fourth-order valence-electron chi connectivity index (χ4n) is 10.4. The molecule has 0 aliphatic carbocycles. The van der Waals surface area contributed by atoms with E-state index in [2.05, 4.69) is 16.4 Å². The van der Waals surface area contributed by atoms with E-state index in [9.17, 15) is 58.6 Å². The molecular formula is C67H73CaF2N5O10. The number of anilines is 2. The van der Waals surface area contributed by atoms with Crippen molar-refractivity contribution in [1.29, 1.82) is 0 Å². The van der Waals surface area contributed by atoms with Crippen LogP contribution in [0.1, 0.15) is 110 Å². The molecule has 15 nitrogen and oxygen atoms in total. The Balaban J connectivity index is 0.000000298. The summed E-state index contributed by atoms with van der Waals surface area (Å²) in [6.45, 7) is 8.40. The van der Waals surface area contributed by atoms with Crippen molar-refractivity contribution in [3.63, 3.8) is 0 Å². The van der Waals surface area contributed by atoms with Gasteiger partial charge in [0.25, 0.3) is 11.8 Å². The Labute approximate surface area is 524 Å². The smallest absolute Gasteiger partial charge is 0.852 e. The van der Waals surface area contributed by atoms with Crippen molar-refractivity contribution < 1.29 is 64.3 Å². The van der Waals surface area contributed by atoms with Crippen LogP contribution in [-0.2, 0) is 22.7 Å². The predicted molar refractivity (Wildman–Crippen MR) is 322 cm³/mol. The van der Waals surface area contributed by atoms with Gasteiger partial charge in [0.05, 0.1) is 47.9 Å². The van der Waals surface area contributed by atoms with Crippen molar-refractivity contribution in [1.82, 2.24) is 9.13 Å². The minimum absolute atomic E-state index is 0.